The molecule has 1 aliphatic rings. The van der Waals surface area contributed by atoms with Gasteiger partial charge in [0, 0.05) is 12.0 Å². The van der Waals surface area contributed by atoms with Gasteiger partial charge in [0.1, 0.15) is 5.69 Å². The van der Waals surface area contributed by atoms with Crippen molar-refractivity contribution in [2.45, 2.75) is 20.3 Å². The number of aromatic nitrogens is 1. The van der Waals surface area contributed by atoms with Gasteiger partial charge in [-0.3, -0.25) is 0 Å². The Kier molecular flexibility index (Phi) is 3.71. The van der Waals surface area contributed by atoms with Crippen LogP contribution in [-0.2, 0) is 15.9 Å². The maximum absolute atomic E-state index is 12.3. The molecule has 0 amide bonds. The number of fused-ring (bicyclic) bond motifs is 3. The van der Waals surface area contributed by atoms with Crippen molar-refractivity contribution < 1.29 is 19.1 Å². The molecule has 1 N–H and O–H groups in total. The van der Waals surface area contributed by atoms with Crippen LogP contribution in [0.1, 0.15) is 45.8 Å². The van der Waals surface area contributed by atoms with Crippen LogP contribution in [-0.4, -0.2) is 30.1 Å². The zero-order valence-corrected chi connectivity index (χ0v) is 12.6. The second-order valence-electron chi connectivity index (χ2n) is 5.00. The average molecular weight is 299 g/mol. The molecular formula is C17H17NO4. The van der Waals surface area contributed by atoms with Gasteiger partial charge in [-0.2, -0.15) is 0 Å². The summed E-state index contributed by atoms with van der Waals surface area (Å²) in [6, 6.07) is 7.88. The normalized spacial score (nSPS) is 11.7. The van der Waals surface area contributed by atoms with Crippen molar-refractivity contribution in [2.24, 2.45) is 0 Å². The number of carbonyl (C=O) groups excluding carboxylic acids is 2. The maximum Gasteiger partial charge on any atom is 0.355 e. The van der Waals surface area contributed by atoms with Gasteiger partial charge in [0.05, 0.1) is 24.5 Å². The molecular weight excluding hydrogens is 282 g/mol. The summed E-state index contributed by atoms with van der Waals surface area (Å²) in [4.78, 5) is 27.5. The Morgan fingerprint density at radius 2 is 1.77 bits per heavy atom. The Morgan fingerprint density at radius 1 is 1.09 bits per heavy atom. The molecule has 0 radical (unpaired) electrons. The molecule has 1 aromatic carbocycles. The summed E-state index contributed by atoms with van der Waals surface area (Å²) in [5.74, 6) is -1.02. The van der Waals surface area contributed by atoms with Crippen molar-refractivity contribution in [1.82, 2.24) is 4.98 Å². The quantitative estimate of drug-likeness (QED) is 0.752. The van der Waals surface area contributed by atoms with Gasteiger partial charge in [-0.15, -0.1) is 0 Å². The summed E-state index contributed by atoms with van der Waals surface area (Å²) in [7, 11) is 0. The minimum Gasteiger partial charge on any atom is -0.462 e. The van der Waals surface area contributed by atoms with Crippen LogP contribution in [0, 0.1) is 0 Å². The summed E-state index contributed by atoms with van der Waals surface area (Å²) < 4.78 is 10.2. The fourth-order valence-electron chi connectivity index (χ4n) is 2.84. The van der Waals surface area contributed by atoms with Crippen LogP contribution in [0.15, 0.2) is 24.3 Å². The van der Waals surface area contributed by atoms with E-state index in [0.29, 0.717) is 12.0 Å². The van der Waals surface area contributed by atoms with E-state index in [2.05, 4.69) is 4.98 Å². The third-order valence-electron chi connectivity index (χ3n) is 3.72. The Balaban J connectivity index is 2.13. The molecule has 1 heterocycles. The van der Waals surface area contributed by atoms with Gasteiger partial charge in [0.2, 0.25) is 0 Å². The summed E-state index contributed by atoms with van der Waals surface area (Å²) in [6.45, 7) is 3.98. The number of esters is 2. The molecule has 0 saturated heterocycles. The van der Waals surface area contributed by atoms with Crippen molar-refractivity contribution in [3.8, 4) is 11.3 Å². The monoisotopic (exact) mass is 299 g/mol. The lowest BCUT2D eigenvalue weighted by Crippen LogP contribution is -2.14. The zero-order chi connectivity index (χ0) is 15.7. The molecule has 0 spiro atoms. The first kappa shape index (κ1) is 14.4. The van der Waals surface area contributed by atoms with Crippen LogP contribution in [0.25, 0.3) is 11.3 Å². The van der Waals surface area contributed by atoms with Crippen LogP contribution in [0.3, 0.4) is 0 Å². The highest BCUT2D eigenvalue weighted by molar-refractivity contribution is 6.06. The molecule has 0 unspecified atom stereocenters. The topological polar surface area (TPSA) is 68.4 Å². The summed E-state index contributed by atoms with van der Waals surface area (Å²) in [5, 5.41) is 0. The number of ether oxygens (including phenoxy) is 2. The fraction of sp³-hybridized carbons (Fsp3) is 0.294. The first-order valence-corrected chi connectivity index (χ1v) is 7.34. The largest absolute Gasteiger partial charge is 0.462 e. The van der Waals surface area contributed by atoms with E-state index in [0.717, 1.165) is 22.4 Å². The van der Waals surface area contributed by atoms with E-state index in [1.165, 1.54) is 0 Å². The molecule has 0 bridgehead atoms. The molecule has 0 fully saturated rings. The van der Waals surface area contributed by atoms with E-state index >= 15 is 0 Å². The number of nitrogens with one attached hydrogen (secondary N) is 1. The van der Waals surface area contributed by atoms with Gasteiger partial charge >= 0.3 is 11.9 Å². The first-order chi connectivity index (χ1) is 10.7. The summed E-state index contributed by atoms with van der Waals surface area (Å²) >= 11 is 0. The number of hydrogen-bond donors (Lipinski definition) is 1. The SMILES string of the molecule is CCOC(=O)c1[nH]c2c(c1C(=O)OCC)Cc1ccccc1-2. The highest BCUT2D eigenvalue weighted by Gasteiger charge is 2.33. The number of carbonyl (C=O) groups is 2. The Bertz CT molecular complexity index is 745. The van der Waals surface area contributed by atoms with E-state index in [9.17, 15) is 9.59 Å². The molecule has 0 atom stereocenters. The molecule has 22 heavy (non-hydrogen) atoms. The van der Waals surface area contributed by atoms with E-state index in [1.807, 2.05) is 24.3 Å². The minimum atomic E-state index is -0.530. The number of hydrogen-bond acceptors (Lipinski definition) is 4. The zero-order valence-electron chi connectivity index (χ0n) is 12.6. The lowest BCUT2D eigenvalue weighted by Gasteiger charge is -2.06. The lowest BCUT2D eigenvalue weighted by atomic mass is 10.1. The molecule has 3 rings (SSSR count). The summed E-state index contributed by atoms with van der Waals surface area (Å²) in [5.41, 5.74) is 4.24. The number of aromatic amines is 1. The van der Waals surface area contributed by atoms with Crippen molar-refractivity contribution in [3.63, 3.8) is 0 Å². The van der Waals surface area contributed by atoms with Crippen molar-refractivity contribution in [2.75, 3.05) is 13.2 Å². The van der Waals surface area contributed by atoms with Crippen LogP contribution in [0.4, 0.5) is 0 Å². The molecule has 0 aliphatic heterocycles. The predicted molar refractivity (Wildman–Crippen MR) is 80.9 cm³/mol. The Labute approximate surface area is 128 Å². The fourth-order valence-corrected chi connectivity index (χ4v) is 2.84. The Morgan fingerprint density at radius 3 is 2.50 bits per heavy atom. The van der Waals surface area contributed by atoms with Crippen LogP contribution in [0.5, 0.6) is 0 Å². The molecule has 0 saturated carbocycles. The third-order valence-corrected chi connectivity index (χ3v) is 3.72. The Hall–Kier alpha value is -2.56. The molecule has 114 valence electrons. The highest BCUT2D eigenvalue weighted by atomic mass is 16.5. The van der Waals surface area contributed by atoms with Crippen LogP contribution >= 0.6 is 0 Å². The van der Waals surface area contributed by atoms with E-state index in [1.54, 1.807) is 13.8 Å². The highest BCUT2D eigenvalue weighted by Crippen LogP contribution is 2.39. The van der Waals surface area contributed by atoms with E-state index in [4.69, 9.17) is 9.47 Å². The molecule has 5 heteroatoms. The first-order valence-electron chi connectivity index (χ1n) is 7.34. The van der Waals surface area contributed by atoms with E-state index in [-0.39, 0.29) is 18.9 Å². The molecule has 1 aromatic heterocycles. The van der Waals surface area contributed by atoms with Crippen LogP contribution < -0.4 is 0 Å². The van der Waals surface area contributed by atoms with Gasteiger partial charge in [0.15, 0.2) is 0 Å². The van der Waals surface area contributed by atoms with E-state index < -0.39 is 11.9 Å². The van der Waals surface area contributed by atoms with Gasteiger partial charge in [0.25, 0.3) is 0 Å². The molecule has 5 nitrogen and oxygen atoms in total. The number of H-pyrrole nitrogens is 1. The predicted octanol–water partition coefficient (Wildman–Crippen LogP) is 2.94. The van der Waals surface area contributed by atoms with Gasteiger partial charge < -0.3 is 14.5 Å². The minimum absolute atomic E-state index is 0.180. The van der Waals surface area contributed by atoms with Crippen molar-refractivity contribution >= 4 is 11.9 Å². The second-order valence-corrected chi connectivity index (χ2v) is 5.00. The third kappa shape index (κ3) is 2.19. The number of benzene rings is 1. The standard InChI is InChI=1S/C17H17NO4/c1-3-21-16(19)13-12-9-10-7-5-6-8-11(10)14(12)18-15(13)17(20)22-4-2/h5-8,18H,3-4,9H2,1-2H3. The number of rotatable bonds is 4. The average Bonchev–Trinajstić information content (AvgIpc) is 3.03. The molecule has 1 aliphatic carbocycles. The van der Waals surface area contributed by atoms with Crippen LogP contribution in [0.2, 0.25) is 0 Å². The van der Waals surface area contributed by atoms with Crippen molar-refractivity contribution in [3.05, 3.63) is 46.6 Å². The maximum atomic E-state index is 12.3. The second kappa shape index (κ2) is 5.67. The van der Waals surface area contributed by atoms with Gasteiger partial charge in [-0.25, -0.2) is 9.59 Å². The van der Waals surface area contributed by atoms with Gasteiger partial charge in [-0.05, 0) is 25.0 Å². The summed E-state index contributed by atoms with van der Waals surface area (Å²) in [6.07, 6.45) is 0.607. The molecule has 2 aromatic rings. The van der Waals surface area contributed by atoms with Crippen molar-refractivity contribution in [1.29, 1.82) is 0 Å². The van der Waals surface area contributed by atoms with Gasteiger partial charge in [-0.1, -0.05) is 24.3 Å². The lowest BCUT2D eigenvalue weighted by molar-refractivity contribution is 0.0475. The smallest absolute Gasteiger partial charge is 0.355 e.